The van der Waals surface area contributed by atoms with E-state index in [2.05, 4.69) is 62.2 Å². The first kappa shape index (κ1) is 19.5. The highest BCUT2D eigenvalue weighted by atomic mass is 16.2. The molecule has 0 amide bonds. The van der Waals surface area contributed by atoms with Gasteiger partial charge >= 0.3 is 0 Å². The van der Waals surface area contributed by atoms with Crippen molar-refractivity contribution in [1.29, 1.82) is 0 Å². The Morgan fingerprint density at radius 2 is 1.52 bits per heavy atom. The van der Waals surface area contributed by atoms with Crippen molar-refractivity contribution in [2.24, 2.45) is 0 Å². The molecule has 0 saturated carbocycles. The topological polar surface area (TPSA) is 37.4 Å². The van der Waals surface area contributed by atoms with E-state index in [0.29, 0.717) is 11.1 Å². The molecular weight excluding hydrogens is 382 g/mol. The normalized spacial score (nSPS) is 20.4. The minimum atomic E-state index is -0.469. The van der Waals surface area contributed by atoms with Gasteiger partial charge in [0.05, 0.1) is 5.54 Å². The molecule has 3 nitrogen and oxygen atoms in total. The molecule has 1 spiro atoms. The molecule has 1 atom stereocenters. The lowest BCUT2D eigenvalue weighted by Crippen LogP contribution is -2.55. The van der Waals surface area contributed by atoms with Crippen LogP contribution < -0.4 is 4.90 Å². The van der Waals surface area contributed by atoms with Crippen molar-refractivity contribution in [3.05, 3.63) is 107 Å². The standard InChI is InChI=1S/C28H25NO2/c1-27(2)23-11-7-8-12-24(23)29(3)28(27)16-15-20-17-21(13-14-22(20)18-28)26(31)25(30)19-9-5-4-6-10-19/h4-17H,18H2,1-3H3. The minimum Gasteiger partial charge on any atom is -0.364 e. The average molecular weight is 408 g/mol. The van der Waals surface area contributed by atoms with Crippen LogP contribution in [0.4, 0.5) is 5.69 Å². The molecule has 3 heteroatoms. The molecule has 0 N–H and O–H groups in total. The number of benzene rings is 3. The van der Waals surface area contributed by atoms with Gasteiger partial charge in [-0.15, -0.1) is 0 Å². The number of ketones is 2. The van der Waals surface area contributed by atoms with Crippen LogP contribution in [0.25, 0.3) is 6.08 Å². The summed E-state index contributed by atoms with van der Waals surface area (Å²) in [5.41, 5.74) is 5.45. The van der Waals surface area contributed by atoms with Crippen LogP contribution >= 0.6 is 0 Å². The molecule has 1 heterocycles. The first-order chi connectivity index (χ1) is 14.8. The zero-order valence-electron chi connectivity index (χ0n) is 18.1. The lowest BCUT2D eigenvalue weighted by atomic mass is 9.65. The molecule has 1 aliphatic heterocycles. The lowest BCUT2D eigenvalue weighted by molar-refractivity contribution is 0.0817. The fourth-order valence-corrected chi connectivity index (χ4v) is 5.30. The maximum atomic E-state index is 12.8. The number of fused-ring (bicyclic) bond motifs is 2. The maximum Gasteiger partial charge on any atom is 0.233 e. The smallest absolute Gasteiger partial charge is 0.233 e. The number of hydrogen-bond donors (Lipinski definition) is 0. The number of likely N-dealkylation sites (N-methyl/N-ethyl adjacent to an activating group) is 1. The number of carbonyl (C=O) groups excluding carboxylic acids is 2. The van der Waals surface area contributed by atoms with Crippen LogP contribution in [0.3, 0.4) is 0 Å². The summed E-state index contributed by atoms with van der Waals surface area (Å²) in [4.78, 5) is 27.8. The third-order valence-electron chi connectivity index (χ3n) is 7.27. The molecule has 2 aliphatic rings. The Kier molecular flexibility index (Phi) is 4.26. The first-order valence-corrected chi connectivity index (χ1v) is 10.6. The zero-order chi connectivity index (χ0) is 21.8. The Bertz CT molecular complexity index is 1240. The second-order valence-electron chi connectivity index (χ2n) is 9.07. The second-order valence-corrected chi connectivity index (χ2v) is 9.07. The van der Waals surface area contributed by atoms with Crippen molar-refractivity contribution in [1.82, 2.24) is 0 Å². The van der Waals surface area contributed by atoms with E-state index in [4.69, 9.17) is 0 Å². The van der Waals surface area contributed by atoms with Crippen LogP contribution in [-0.2, 0) is 11.8 Å². The van der Waals surface area contributed by atoms with E-state index in [1.165, 1.54) is 16.8 Å². The van der Waals surface area contributed by atoms with Gasteiger partial charge in [-0.3, -0.25) is 9.59 Å². The molecule has 0 saturated heterocycles. The summed E-state index contributed by atoms with van der Waals surface area (Å²) in [6, 6.07) is 23.0. The number of anilines is 1. The molecule has 31 heavy (non-hydrogen) atoms. The van der Waals surface area contributed by atoms with Gasteiger partial charge in [0.2, 0.25) is 11.6 Å². The third-order valence-corrected chi connectivity index (χ3v) is 7.27. The van der Waals surface area contributed by atoms with Gasteiger partial charge in [0.25, 0.3) is 0 Å². The van der Waals surface area contributed by atoms with Crippen LogP contribution in [0.2, 0.25) is 0 Å². The largest absolute Gasteiger partial charge is 0.364 e. The second kappa shape index (κ2) is 6.78. The van der Waals surface area contributed by atoms with Gasteiger partial charge in [-0.05, 0) is 28.8 Å². The van der Waals surface area contributed by atoms with Crippen molar-refractivity contribution in [2.75, 3.05) is 11.9 Å². The van der Waals surface area contributed by atoms with Crippen LogP contribution in [0.15, 0.2) is 78.9 Å². The first-order valence-electron chi connectivity index (χ1n) is 10.6. The molecule has 0 fully saturated rings. The number of rotatable bonds is 3. The van der Waals surface area contributed by atoms with Gasteiger partial charge in [0.15, 0.2) is 0 Å². The molecule has 5 rings (SSSR count). The summed E-state index contributed by atoms with van der Waals surface area (Å²) < 4.78 is 0. The van der Waals surface area contributed by atoms with E-state index < -0.39 is 11.6 Å². The van der Waals surface area contributed by atoms with Crippen molar-refractivity contribution >= 4 is 23.3 Å². The minimum absolute atomic E-state index is 0.0652. The summed E-state index contributed by atoms with van der Waals surface area (Å²) in [6.45, 7) is 4.61. The molecule has 1 aliphatic carbocycles. The van der Waals surface area contributed by atoms with Gasteiger partial charge in [-0.2, -0.15) is 0 Å². The summed E-state index contributed by atoms with van der Waals surface area (Å²) in [7, 11) is 2.17. The summed E-state index contributed by atoms with van der Waals surface area (Å²) in [5.74, 6) is -0.933. The highest BCUT2D eigenvalue weighted by Gasteiger charge is 2.54. The molecule has 1 unspecified atom stereocenters. The van der Waals surface area contributed by atoms with Crippen molar-refractivity contribution < 1.29 is 9.59 Å². The van der Waals surface area contributed by atoms with Crippen molar-refractivity contribution in [2.45, 2.75) is 31.2 Å². The SMILES string of the molecule is CN1c2ccccc2C(C)(C)C12C=Cc1cc(C(=O)C(=O)c3ccccc3)ccc1C2. The van der Waals surface area contributed by atoms with Crippen LogP contribution in [0, 0.1) is 0 Å². The quantitative estimate of drug-likeness (QED) is 0.426. The van der Waals surface area contributed by atoms with Crippen LogP contribution in [0.5, 0.6) is 0 Å². The van der Waals surface area contributed by atoms with Gasteiger partial charge in [-0.25, -0.2) is 0 Å². The van der Waals surface area contributed by atoms with E-state index in [0.717, 1.165) is 12.0 Å². The summed E-state index contributed by atoms with van der Waals surface area (Å²) in [5, 5.41) is 0. The van der Waals surface area contributed by atoms with Gasteiger partial charge in [0, 0.05) is 35.7 Å². The summed E-state index contributed by atoms with van der Waals surface area (Å²) in [6.07, 6.45) is 5.24. The van der Waals surface area contributed by atoms with Crippen LogP contribution in [0.1, 0.15) is 51.3 Å². The van der Waals surface area contributed by atoms with Crippen molar-refractivity contribution in [3.8, 4) is 0 Å². The third kappa shape index (κ3) is 2.73. The average Bonchev–Trinajstić information content (AvgIpc) is 2.97. The molecule has 3 aromatic rings. The van der Waals surface area contributed by atoms with Crippen LogP contribution in [-0.4, -0.2) is 24.2 Å². The fourth-order valence-electron chi connectivity index (χ4n) is 5.30. The van der Waals surface area contributed by atoms with Gasteiger partial charge in [-0.1, -0.05) is 86.7 Å². The Morgan fingerprint density at radius 3 is 2.26 bits per heavy atom. The Morgan fingerprint density at radius 1 is 0.839 bits per heavy atom. The molecule has 154 valence electrons. The van der Waals surface area contributed by atoms with E-state index in [1.54, 1.807) is 30.3 Å². The van der Waals surface area contributed by atoms with Crippen molar-refractivity contribution in [3.63, 3.8) is 0 Å². The number of hydrogen-bond acceptors (Lipinski definition) is 3. The number of carbonyl (C=O) groups is 2. The highest BCUT2D eigenvalue weighted by Crippen LogP contribution is 2.54. The van der Waals surface area contributed by atoms with E-state index in [1.807, 2.05) is 18.2 Å². The molecule has 0 bridgehead atoms. The van der Waals surface area contributed by atoms with E-state index >= 15 is 0 Å². The highest BCUT2D eigenvalue weighted by molar-refractivity contribution is 6.49. The van der Waals surface area contributed by atoms with E-state index in [-0.39, 0.29) is 11.0 Å². The summed E-state index contributed by atoms with van der Waals surface area (Å²) >= 11 is 0. The molecule has 0 radical (unpaired) electrons. The zero-order valence-corrected chi connectivity index (χ0v) is 18.1. The molecular formula is C28H25NO2. The maximum absolute atomic E-state index is 12.8. The fraction of sp³-hybridized carbons (Fsp3) is 0.214. The monoisotopic (exact) mass is 407 g/mol. The Hall–Kier alpha value is -3.46. The number of nitrogens with zero attached hydrogens (tertiary/aromatic N) is 1. The number of Topliss-reactive ketones (excluding diaryl/α,β-unsaturated/α-hetero) is 2. The number of para-hydroxylation sites is 1. The molecule has 3 aromatic carbocycles. The van der Waals surface area contributed by atoms with Gasteiger partial charge < -0.3 is 4.90 Å². The molecule has 0 aromatic heterocycles. The lowest BCUT2D eigenvalue weighted by Gasteiger charge is -2.46. The predicted octanol–water partition coefficient (Wildman–Crippen LogP) is 5.49. The Balaban J connectivity index is 1.49. The Labute approximate surface area is 183 Å². The van der Waals surface area contributed by atoms with Gasteiger partial charge in [0.1, 0.15) is 0 Å². The predicted molar refractivity (Wildman–Crippen MR) is 125 cm³/mol. The van der Waals surface area contributed by atoms with E-state index in [9.17, 15) is 9.59 Å².